The summed E-state index contributed by atoms with van der Waals surface area (Å²) >= 11 is 0. The summed E-state index contributed by atoms with van der Waals surface area (Å²) in [6.07, 6.45) is 7.52. The quantitative estimate of drug-likeness (QED) is 0.229. The molecule has 15 heteroatoms. The molecule has 292 valence electrons. The van der Waals surface area contributed by atoms with Gasteiger partial charge in [-0.3, -0.25) is 29.6 Å². The number of benzene rings is 1. The second-order valence-corrected chi connectivity index (χ2v) is 14.6. The van der Waals surface area contributed by atoms with E-state index in [0.717, 1.165) is 48.0 Å². The molecule has 7 rings (SSSR count). The van der Waals surface area contributed by atoms with E-state index in [-0.39, 0.29) is 49.2 Å². The minimum absolute atomic E-state index is 0.0269. The number of aryl methyl sites for hydroxylation is 1. The predicted octanol–water partition coefficient (Wildman–Crippen LogP) is 3.31. The Morgan fingerprint density at radius 1 is 0.855 bits per heavy atom. The standard InChI is InChI=1S/C40H48FN7O7/c1-44-24-32(29-6-11-42-21-31(29)39(44)51)30-20-35(53-2)27(19-36(30)54-3)22-46-15-9-34(33(41)25-46)55-28-7-13-45(14-8-28)17-18-47-12-4-5-26(38(47)50)23-48-16-10-37(49)43-40(48)52/h4-6,11-12,19-21,24,28,33-34H,7-10,13-18,22-23,25H2,1-3H3,(H,43,49,52)/t33-,34-/m1/s1. The number of hydrogen-bond acceptors (Lipinski definition) is 10. The van der Waals surface area contributed by atoms with Gasteiger partial charge in [-0.2, -0.15) is 0 Å². The SMILES string of the molecule is COc1cc(-c2cn(C)c(=O)c3cnccc23)c(OC)cc1CN1CC[C@@H](OC2CCN(CCn3cccc(CN4CCC(=O)NC4=O)c3=O)CC2)[C@H](F)C1. The second kappa shape index (κ2) is 16.7. The number of fused-ring (bicyclic) bond motifs is 1. The van der Waals surface area contributed by atoms with Crippen LogP contribution in [-0.4, -0.2) is 113 Å². The molecule has 0 unspecified atom stereocenters. The number of imide groups is 1. The first-order valence-electron chi connectivity index (χ1n) is 18.8. The first-order chi connectivity index (χ1) is 26.6. The van der Waals surface area contributed by atoms with Gasteiger partial charge in [-0.25, -0.2) is 9.18 Å². The molecule has 3 fully saturated rings. The normalized spacial score (nSPS) is 20.2. The summed E-state index contributed by atoms with van der Waals surface area (Å²) in [6, 6.07) is 8.73. The number of nitrogens with one attached hydrogen (secondary N) is 1. The fourth-order valence-electron chi connectivity index (χ4n) is 7.91. The number of aromatic nitrogens is 3. The number of nitrogens with zero attached hydrogens (tertiary/aromatic N) is 6. The van der Waals surface area contributed by atoms with Gasteiger partial charge in [0, 0.05) is 113 Å². The molecule has 6 heterocycles. The van der Waals surface area contributed by atoms with Gasteiger partial charge in [0.2, 0.25) is 5.91 Å². The van der Waals surface area contributed by atoms with Crippen molar-refractivity contribution in [2.24, 2.45) is 7.05 Å². The monoisotopic (exact) mass is 757 g/mol. The van der Waals surface area contributed by atoms with Crippen molar-refractivity contribution in [1.29, 1.82) is 0 Å². The molecular formula is C40H48FN7O7. The highest BCUT2D eigenvalue weighted by Crippen LogP contribution is 2.39. The maximum atomic E-state index is 15.7. The Kier molecular flexibility index (Phi) is 11.6. The first kappa shape index (κ1) is 38.2. The van der Waals surface area contributed by atoms with E-state index in [1.54, 1.807) is 56.7 Å². The van der Waals surface area contributed by atoms with E-state index in [9.17, 15) is 19.2 Å². The van der Waals surface area contributed by atoms with Gasteiger partial charge in [-0.15, -0.1) is 0 Å². The Morgan fingerprint density at radius 3 is 2.38 bits per heavy atom. The average Bonchev–Trinajstić information content (AvgIpc) is 3.19. The molecule has 3 saturated heterocycles. The maximum Gasteiger partial charge on any atom is 0.324 e. The van der Waals surface area contributed by atoms with Crippen LogP contribution in [0.25, 0.3) is 21.9 Å². The number of ether oxygens (including phenoxy) is 3. The van der Waals surface area contributed by atoms with Gasteiger partial charge in [0.05, 0.1) is 38.4 Å². The van der Waals surface area contributed by atoms with Crippen molar-refractivity contribution >= 4 is 22.7 Å². The summed E-state index contributed by atoms with van der Waals surface area (Å²) in [6.45, 7) is 4.61. The van der Waals surface area contributed by atoms with E-state index in [1.807, 2.05) is 24.3 Å². The van der Waals surface area contributed by atoms with Crippen LogP contribution in [-0.2, 0) is 36.2 Å². The highest BCUT2D eigenvalue weighted by atomic mass is 19.1. The van der Waals surface area contributed by atoms with Gasteiger partial charge >= 0.3 is 6.03 Å². The van der Waals surface area contributed by atoms with Crippen LogP contribution < -0.4 is 25.9 Å². The number of carbonyl (C=O) groups excluding carboxylic acids is 2. The van der Waals surface area contributed by atoms with E-state index >= 15 is 4.39 Å². The van der Waals surface area contributed by atoms with Crippen molar-refractivity contribution in [3.8, 4) is 22.6 Å². The molecule has 3 aliphatic heterocycles. The number of pyridine rings is 3. The van der Waals surface area contributed by atoms with Crippen LogP contribution in [0.1, 0.15) is 36.8 Å². The zero-order valence-electron chi connectivity index (χ0n) is 31.5. The van der Waals surface area contributed by atoms with E-state index in [1.165, 1.54) is 9.47 Å². The molecule has 1 aromatic carbocycles. The molecule has 55 heavy (non-hydrogen) atoms. The van der Waals surface area contributed by atoms with Crippen LogP contribution in [0.5, 0.6) is 11.5 Å². The lowest BCUT2D eigenvalue weighted by molar-refractivity contribution is -0.121. The number of halogens is 1. The number of rotatable bonds is 12. The number of likely N-dealkylation sites (tertiary alicyclic amines) is 2. The van der Waals surface area contributed by atoms with Crippen LogP contribution in [0, 0.1) is 0 Å². The topological polar surface area (TPSA) is 140 Å². The number of piperidine rings is 2. The van der Waals surface area contributed by atoms with Gasteiger partial charge in [0.25, 0.3) is 11.1 Å². The molecule has 4 aromatic rings. The Morgan fingerprint density at radius 2 is 1.64 bits per heavy atom. The molecule has 1 N–H and O–H groups in total. The van der Waals surface area contributed by atoms with E-state index < -0.39 is 18.3 Å². The Balaban J connectivity index is 0.908. The fraction of sp³-hybridized carbons (Fsp3) is 0.475. The lowest BCUT2D eigenvalue weighted by Gasteiger charge is -2.39. The second-order valence-electron chi connectivity index (χ2n) is 14.6. The van der Waals surface area contributed by atoms with Crippen LogP contribution in [0.15, 0.2) is 64.7 Å². The number of amides is 3. The molecule has 0 spiro atoms. The van der Waals surface area contributed by atoms with Crippen molar-refractivity contribution in [2.45, 2.75) is 63.7 Å². The number of carbonyl (C=O) groups is 2. The summed E-state index contributed by atoms with van der Waals surface area (Å²) in [5.74, 6) is 0.967. The summed E-state index contributed by atoms with van der Waals surface area (Å²) in [7, 11) is 4.93. The van der Waals surface area contributed by atoms with Crippen LogP contribution >= 0.6 is 0 Å². The molecule has 3 amide bonds. The van der Waals surface area contributed by atoms with Crippen molar-refractivity contribution in [3.63, 3.8) is 0 Å². The van der Waals surface area contributed by atoms with Crippen molar-refractivity contribution in [2.75, 3.05) is 53.5 Å². The highest BCUT2D eigenvalue weighted by molar-refractivity contribution is 5.97. The summed E-state index contributed by atoms with van der Waals surface area (Å²) < 4.78 is 36.9. The van der Waals surface area contributed by atoms with E-state index in [0.29, 0.717) is 55.0 Å². The van der Waals surface area contributed by atoms with Crippen LogP contribution in [0.4, 0.5) is 9.18 Å². The van der Waals surface area contributed by atoms with Crippen LogP contribution in [0.3, 0.4) is 0 Å². The maximum absolute atomic E-state index is 15.7. The molecule has 3 aromatic heterocycles. The summed E-state index contributed by atoms with van der Waals surface area (Å²) in [5, 5.41) is 3.57. The first-order valence-corrected chi connectivity index (χ1v) is 18.8. The van der Waals surface area contributed by atoms with Gasteiger partial charge in [-0.1, -0.05) is 6.07 Å². The minimum atomic E-state index is -1.14. The van der Waals surface area contributed by atoms with Gasteiger partial charge < -0.3 is 33.1 Å². The zero-order chi connectivity index (χ0) is 38.6. The van der Waals surface area contributed by atoms with E-state index in [4.69, 9.17) is 14.2 Å². The number of methoxy groups -OCH3 is 2. The van der Waals surface area contributed by atoms with E-state index in [2.05, 4.69) is 20.1 Å². The highest BCUT2D eigenvalue weighted by Gasteiger charge is 2.33. The summed E-state index contributed by atoms with van der Waals surface area (Å²) in [4.78, 5) is 59.5. The van der Waals surface area contributed by atoms with Crippen molar-refractivity contribution < 1.29 is 28.2 Å². The zero-order valence-corrected chi connectivity index (χ0v) is 31.5. The third-order valence-electron chi connectivity index (χ3n) is 11.0. The average molecular weight is 758 g/mol. The largest absolute Gasteiger partial charge is 0.496 e. The third kappa shape index (κ3) is 8.43. The number of urea groups is 1. The molecule has 14 nitrogen and oxygen atoms in total. The molecular weight excluding hydrogens is 709 g/mol. The molecule has 0 aliphatic carbocycles. The Labute approximate surface area is 318 Å². The number of alkyl halides is 1. The smallest absolute Gasteiger partial charge is 0.324 e. The third-order valence-corrected chi connectivity index (χ3v) is 11.0. The minimum Gasteiger partial charge on any atom is -0.496 e. The Bertz CT molecular complexity index is 2170. The van der Waals surface area contributed by atoms with Gasteiger partial charge in [0.15, 0.2) is 0 Å². The van der Waals surface area contributed by atoms with Crippen LogP contribution in [0.2, 0.25) is 0 Å². The van der Waals surface area contributed by atoms with Crippen molar-refractivity contribution in [3.05, 3.63) is 87.0 Å². The number of hydrogen-bond donors (Lipinski definition) is 1. The molecule has 2 atom stereocenters. The van der Waals surface area contributed by atoms with Crippen molar-refractivity contribution in [1.82, 2.24) is 34.1 Å². The Hall–Kier alpha value is -5.12. The fourth-order valence-corrected chi connectivity index (χ4v) is 7.91. The molecule has 0 radical (unpaired) electrons. The predicted molar refractivity (Wildman–Crippen MR) is 204 cm³/mol. The molecule has 0 bridgehead atoms. The van der Waals surface area contributed by atoms with Gasteiger partial charge in [-0.05, 0) is 48.9 Å². The molecule has 0 saturated carbocycles. The lowest BCUT2D eigenvalue weighted by atomic mass is 9.98. The molecule has 3 aliphatic rings. The summed E-state index contributed by atoms with van der Waals surface area (Å²) in [5.41, 5.74) is 2.70. The lowest BCUT2D eigenvalue weighted by Crippen LogP contribution is -2.49. The van der Waals surface area contributed by atoms with Gasteiger partial charge in [0.1, 0.15) is 17.7 Å².